The van der Waals surface area contributed by atoms with Crippen LogP contribution in [0.3, 0.4) is 0 Å². The first-order valence-corrected chi connectivity index (χ1v) is 16.2. The Kier molecular flexibility index (Phi) is 14.4. The van der Waals surface area contributed by atoms with Crippen LogP contribution in [0.1, 0.15) is 16.1 Å². The minimum absolute atomic E-state index is 0. The number of ether oxygens (including phenoxy) is 2. The maximum Gasteiger partial charge on any atom is 2.00 e. The molecule has 0 fully saturated rings. The van der Waals surface area contributed by atoms with Gasteiger partial charge in [-0.2, -0.15) is 18.3 Å². The second-order valence-electron chi connectivity index (χ2n) is 10.4. The molecule has 0 atom stereocenters. The molecule has 1 aromatic carbocycles. The van der Waals surface area contributed by atoms with Gasteiger partial charge in [0.1, 0.15) is 17.2 Å². The van der Waals surface area contributed by atoms with E-state index < -0.39 is 17.8 Å². The average Bonchev–Trinajstić information content (AvgIpc) is 3.85. The Morgan fingerprint density at radius 2 is 1.47 bits per heavy atom. The van der Waals surface area contributed by atoms with E-state index in [0.717, 1.165) is 21.9 Å². The first-order valence-electron chi connectivity index (χ1n) is 15.0. The van der Waals surface area contributed by atoms with Gasteiger partial charge >= 0.3 is 31.6 Å². The quantitative estimate of drug-likeness (QED) is 0.0646. The van der Waals surface area contributed by atoms with E-state index in [9.17, 15) is 27.6 Å². The second kappa shape index (κ2) is 19.1. The van der Waals surface area contributed by atoms with Crippen LogP contribution in [0.15, 0.2) is 104 Å². The molecule has 1 N–H and O–H groups in total. The minimum atomic E-state index is -4.50. The SMILES string of the molecule is FC(F)(F)c1cc(-c2ccc(-c3cc4ccccc4s3)cn2)[n-]n1.O=COc1ccnc(-c2cc(OC=O)cc(-c3cc(C(=O)O)ccn3)n2)c1.[N-]=C=S.[Ru+2]. The molecule has 55 heavy (non-hydrogen) atoms. The number of halogens is 3. The van der Waals surface area contributed by atoms with Crippen molar-refractivity contribution in [3.63, 3.8) is 0 Å². The van der Waals surface area contributed by atoms with Gasteiger partial charge in [-0.15, -0.1) is 11.3 Å². The molecule has 0 spiro atoms. The molecule has 0 bridgehead atoms. The van der Waals surface area contributed by atoms with Crippen LogP contribution in [0.2, 0.25) is 0 Å². The standard InChI is InChI=1S/C18H11N3O6.C17H9F3N3S.CNS.Ru/c22-9-26-12-2-4-20-15(6-12)17-8-13(27-10-23)7-16(21-17)14-5-11(18(24)25)1-3-19-14;18-17(19,20)16-8-13(22-23-16)12-6-5-11(9-21-12)15-7-10-3-1-2-4-14(10)24-15;2-1-3;/h1-10H,(H,24,25);1-9H;;/q;2*-1;+2. The number of isothiocyanates is 1. The fourth-order valence-electron chi connectivity index (χ4n) is 4.65. The van der Waals surface area contributed by atoms with Crippen molar-refractivity contribution in [3.05, 3.63) is 120 Å². The van der Waals surface area contributed by atoms with E-state index in [1.807, 2.05) is 30.3 Å². The third-order valence-corrected chi connectivity index (χ3v) is 8.16. The van der Waals surface area contributed by atoms with E-state index in [4.69, 9.17) is 20.0 Å². The number of alkyl halides is 3. The van der Waals surface area contributed by atoms with E-state index >= 15 is 0 Å². The molecule has 13 nitrogen and oxygen atoms in total. The summed E-state index contributed by atoms with van der Waals surface area (Å²) in [7, 11) is 0. The number of aromatic carboxylic acids is 1. The zero-order valence-corrected chi connectivity index (χ0v) is 30.8. The number of hydrogen-bond donors (Lipinski definition) is 1. The van der Waals surface area contributed by atoms with Gasteiger partial charge in [0.15, 0.2) is 0 Å². The fraction of sp³-hybridized carbons (Fsp3) is 0.0278. The Balaban J connectivity index is 0.000000226. The van der Waals surface area contributed by atoms with Gasteiger partial charge in [-0.05, 0) is 53.9 Å². The molecular formula is C36H20F3N7O6RuS2. The van der Waals surface area contributed by atoms with Crippen LogP contribution in [0.5, 0.6) is 11.5 Å². The maximum absolute atomic E-state index is 12.6. The van der Waals surface area contributed by atoms with E-state index in [1.165, 1.54) is 58.7 Å². The molecular weight excluding hydrogens is 849 g/mol. The number of hydrogen-bond acceptors (Lipinski definition) is 12. The number of fused-ring (bicyclic) bond motifs is 1. The number of pyridine rings is 4. The zero-order chi connectivity index (χ0) is 38.7. The summed E-state index contributed by atoms with van der Waals surface area (Å²) >= 11 is 5.34. The smallest absolute Gasteiger partial charge is 0.753 e. The monoisotopic (exact) mass is 869 g/mol. The number of carboxylic acid groups (broad SMARTS) is 1. The first kappa shape index (κ1) is 41.4. The van der Waals surface area contributed by atoms with Crippen molar-refractivity contribution < 1.29 is 61.6 Å². The predicted molar refractivity (Wildman–Crippen MR) is 194 cm³/mol. The molecule has 0 aliphatic carbocycles. The van der Waals surface area contributed by atoms with E-state index in [1.54, 1.807) is 23.6 Å². The van der Waals surface area contributed by atoms with Crippen molar-refractivity contribution in [2.24, 2.45) is 0 Å². The summed E-state index contributed by atoms with van der Waals surface area (Å²) in [6.45, 7) is 0.536. The van der Waals surface area contributed by atoms with E-state index in [-0.39, 0.29) is 66.6 Å². The van der Waals surface area contributed by atoms with Crippen LogP contribution in [-0.2, 0) is 35.2 Å². The molecule has 0 saturated heterocycles. The molecule has 7 aromatic rings. The second-order valence-corrected chi connectivity index (χ2v) is 11.7. The van der Waals surface area contributed by atoms with Crippen LogP contribution < -0.4 is 14.6 Å². The molecule has 0 unspecified atom stereocenters. The molecule has 0 aliphatic rings. The Labute approximate surface area is 330 Å². The van der Waals surface area contributed by atoms with Crippen molar-refractivity contribution >= 4 is 57.7 Å². The van der Waals surface area contributed by atoms with Crippen LogP contribution >= 0.6 is 23.6 Å². The van der Waals surface area contributed by atoms with Gasteiger partial charge in [-0.1, -0.05) is 36.1 Å². The fourth-order valence-corrected chi connectivity index (χ4v) is 5.70. The Morgan fingerprint density at radius 3 is 2.07 bits per heavy atom. The van der Waals surface area contributed by atoms with Crippen molar-refractivity contribution in [3.8, 4) is 56.1 Å². The summed E-state index contributed by atoms with van der Waals surface area (Å²) in [6, 6.07) is 23.1. The molecule has 276 valence electrons. The number of nitrogens with zero attached hydrogens (tertiary/aromatic N) is 7. The van der Waals surface area contributed by atoms with Crippen molar-refractivity contribution in [2.45, 2.75) is 6.18 Å². The summed E-state index contributed by atoms with van der Waals surface area (Å²) in [5.41, 5.74) is 1.62. The summed E-state index contributed by atoms with van der Waals surface area (Å²) in [5, 5.41) is 25.5. The normalized spacial score (nSPS) is 10.3. The Morgan fingerprint density at radius 1 is 0.836 bits per heavy atom. The number of benzene rings is 1. The number of thiocarbonyl (C=S) groups is 1. The van der Waals surface area contributed by atoms with Gasteiger partial charge in [0.2, 0.25) is 0 Å². The van der Waals surface area contributed by atoms with Crippen LogP contribution in [0.4, 0.5) is 13.2 Å². The number of carbonyl (C=O) groups excluding carboxylic acids is 2. The van der Waals surface area contributed by atoms with Crippen molar-refractivity contribution in [1.82, 2.24) is 30.1 Å². The third-order valence-electron chi connectivity index (χ3n) is 7.00. The number of rotatable bonds is 9. The summed E-state index contributed by atoms with van der Waals surface area (Å²) < 4.78 is 48.6. The van der Waals surface area contributed by atoms with E-state index in [2.05, 4.69) is 48.4 Å². The Hall–Kier alpha value is -6.39. The first-order chi connectivity index (χ1) is 26.0. The van der Waals surface area contributed by atoms with Crippen LogP contribution in [-0.4, -0.2) is 54.2 Å². The van der Waals surface area contributed by atoms with Crippen LogP contribution in [0.25, 0.3) is 60.1 Å². The number of carboxylic acids is 1. The maximum atomic E-state index is 12.6. The number of carbonyl (C=O) groups is 3. The molecule has 6 aromatic heterocycles. The number of aromatic nitrogens is 6. The summed E-state index contributed by atoms with van der Waals surface area (Å²) in [6.07, 6.45) is -0.0967. The molecule has 0 amide bonds. The zero-order valence-electron chi connectivity index (χ0n) is 27.4. The predicted octanol–water partition coefficient (Wildman–Crippen LogP) is 7.63. The van der Waals surface area contributed by atoms with Gasteiger partial charge in [-0.3, -0.25) is 24.5 Å². The van der Waals surface area contributed by atoms with Gasteiger partial charge in [0, 0.05) is 57.6 Å². The Bertz CT molecular complexity index is 2440. The van der Waals surface area contributed by atoms with Gasteiger partial charge in [0.25, 0.3) is 12.9 Å². The average molecular weight is 869 g/mol. The number of thiophene rings is 1. The summed E-state index contributed by atoms with van der Waals surface area (Å²) in [5.74, 6) is -0.693. The molecule has 0 aliphatic heterocycles. The van der Waals surface area contributed by atoms with Crippen molar-refractivity contribution in [1.29, 1.82) is 0 Å². The van der Waals surface area contributed by atoms with Gasteiger partial charge in [-0.25, -0.2) is 9.78 Å². The largest absolute Gasteiger partial charge is 2.00 e. The molecule has 0 saturated carbocycles. The molecule has 19 heteroatoms. The van der Waals surface area contributed by atoms with E-state index in [0.29, 0.717) is 17.1 Å². The van der Waals surface area contributed by atoms with Crippen molar-refractivity contribution in [2.75, 3.05) is 0 Å². The molecule has 0 radical (unpaired) electrons. The van der Waals surface area contributed by atoms with Crippen LogP contribution in [0, 0.1) is 0 Å². The summed E-state index contributed by atoms with van der Waals surface area (Å²) in [4.78, 5) is 50.4. The van der Waals surface area contributed by atoms with Gasteiger partial charge in [0.05, 0.1) is 28.3 Å². The topological polar surface area (TPSA) is 191 Å². The third kappa shape index (κ3) is 10.8. The molecule has 6 heterocycles. The molecule has 7 rings (SSSR count). The minimum Gasteiger partial charge on any atom is -0.753 e. The van der Waals surface area contributed by atoms with Gasteiger partial charge < -0.3 is 30.2 Å².